The van der Waals surface area contributed by atoms with Crippen LogP contribution in [-0.2, 0) is 19.9 Å². The van der Waals surface area contributed by atoms with E-state index in [0.717, 1.165) is 6.07 Å². The second-order valence-electron chi connectivity index (χ2n) is 5.65. The summed E-state index contributed by atoms with van der Waals surface area (Å²) in [4.78, 5) is -0.176. The molecule has 1 aromatic rings. The van der Waals surface area contributed by atoms with Crippen molar-refractivity contribution in [3.8, 4) is 0 Å². The predicted octanol–water partition coefficient (Wildman–Crippen LogP) is 0.572. The van der Waals surface area contributed by atoms with E-state index in [1.165, 1.54) is 19.9 Å². The number of nitrogens with one attached hydrogen (secondary N) is 1. The molecule has 0 saturated carbocycles. The fraction of sp³-hybridized carbons (Fsp3) is 0.500. The van der Waals surface area contributed by atoms with Crippen molar-refractivity contribution in [3.05, 3.63) is 23.5 Å². The molecule has 0 aliphatic carbocycles. The molecule has 1 atom stereocenters. The average Bonchev–Trinajstić information content (AvgIpc) is 2.58. The Balaban J connectivity index is 2.36. The van der Waals surface area contributed by atoms with Gasteiger partial charge in [-0.3, -0.25) is 0 Å². The highest BCUT2D eigenvalue weighted by molar-refractivity contribution is 7.92. The molecule has 0 aromatic heterocycles. The Morgan fingerprint density at radius 1 is 1.38 bits per heavy atom. The molecular formula is C12H17FN2O4S2. The van der Waals surface area contributed by atoms with Crippen LogP contribution in [0.3, 0.4) is 0 Å². The second kappa shape index (κ2) is 4.92. The number of sulfone groups is 1. The summed E-state index contributed by atoms with van der Waals surface area (Å²) in [7, 11) is -7.22. The lowest BCUT2D eigenvalue weighted by Gasteiger charge is -2.23. The largest absolute Gasteiger partial charge is 0.396 e. The molecular weight excluding hydrogens is 319 g/mol. The summed E-state index contributed by atoms with van der Waals surface area (Å²) in [6, 6.07) is 2.19. The minimum atomic E-state index is -3.98. The smallest absolute Gasteiger partial charge is 0.241 e. The molecule has 0 bridgehead atoms. The van der Waals surface area contributed by atoms with Crippen LogP contribution in [0.15, 0.2) is 17.0 Å². The number of hydrogen-bond donors (Lipinski definition) is 2. The van der Waals surface area contributed by atoms with Crippen molar-refractivity contribution in [2.75, 3.05) is 17.2 Å². The zero-order chi connectivity index (χ0) is 16.1. The average molecular weight is 336 g/mol. The molecule has 2 rings (SSSR count). The molecule has 0 amide bonds. The van der Waals surface area contributed by atoms with Crippen molar-refractivity contribution in [1.29, 1.82) is 0 Å². The lowest BCUT2D eigenvalue weighted by atomic mass is 10.0. The van der Waals surface area contributed by atoms with E-state index >= 15 is 0 Å². The standard InChI is InChI=1S/C12H17FN2O4S2/c1-8-5-9(6-10(14)11(8)13)21(18,19)15-12(2)3-4-20(16,17)7-12/h5-6,15H,3-4,7,14H2,1-2H3. The van der Waals surface area contributed by atoms with E-state index in [0.29, 0.717) is 0 Å². The Labute approximate surface area is 123 Å². The first-order valence-electron chi connectivity index (χ1n) is 6.24. The summed E-state index contributed by atoms with van der Waals surface area (Å²) in [6.45, 7) is 2.95. The van der Waals surface area contributed by atoms with E-state index in [-0.39, 0.29) is 34.1 Å². The fourth-order valence-corrected chi connectivity index (χ4v) is 6.13. The van der Waals surface area contributed by atoms with Crippen LogP contribution >= 0.6 is 0 Å². The quantitative estimate of drug-likeness (QED) is 0.785. The van der Waals surface area contributed by atoms with E-state index < -0.39 is 31.2 Å². The maximum atomic E-state index is 13.5. The molecule has 1 aliphatic heterocycles. The molecule has 1 heterocycles. The summed E-state index contributed by atoms with van der Waals surface area (Å²) in [6.07, 6.45) is 0.199. The van der Waals surface area contributed by atoms with E-state index in [2.05, 4.69) is 4.72 Å². The first kappa shape index (κ1) is 16.2. The van der Waals surface area contributed by atoms with Gasteiger partial charge in [-0.05, 0) is 38.0 Å². The van der Waals surface area contributed by atoms with E-state index in [9.17, 15) is 21.2 Å². The predicted molar refractivity (Wildman–Crippen MR) is 77.5 cm³/mol. The first-order chi connectivity index (χ1) is 9.44. The monoisotopic (exact) mass is 336 g/mol. The van der Waals surface area contributed by atoms with Crippen LogP contribution < -0.4 is 10.5 Å². The SMILES string of the molecule is Cc1cc(S(=O)(=O)NC2(C)CCS(=O)(=O)C2)cc(N)c1F. The third kappa shape index (κ3) is 3.35. The third-order valence-electron chi connectivity index (χ3n) is 3.45. The van der Waals surface area contributed by atoms with Crippen LogP contribution in [0.5, 0.6) is 0 Å². The number of hydrogen-bond acceptors (Lipinski definition) is 5. The topological polar surface area (TPSA) is 106 Å². The molecule has 1 saturated heterocycles. The highest BCUT2D eigenvalue weighted by Gasteiger charge is 2.41. The van der Waals surface area contributed by atoms with Crippen molar-refractivity contribution in [2.24, 2.45) is 0 Å². The lowest BCUT2D eigenvalue weighted by Crippen LogP contribution is -2.46. The Bertz CT molecular complexity index is 766. The molecule has 1 unspecified atom stereocenters. The summed E-state index contributed by atoms with van der Waals surface area (Å²) in [5.41, 5.74) is 4.22. The number of benzene rings is 1. The first-order valence-corrected chi connectivity index (χ1v) is 9.55. The summed E-state index contributed by atoms with van der Waals surface area (Å²) in [5.74, 6) is -0.977. The van der Waals surface area contributed by atoms with Crippen molar-refractivity contribution in [2.45, 2.75) is 30.7 Å². The summed E-state index contributed by atoms with van der Waals surface area (Å²) >= 11 is 0. The van der Waals surface area contributed by atoms with Gasteiger partial charge < -0.3 is 5.73 Å². The number of anilines is 1. The highest BCUT2D eigenvalue weighted by atomic mass is 32.2. The Morgan fingerprint density at radius 2 is 2.00 bits per heavy atom. The molecule has 21 heavy (non-hydrogen) atoms. The van der Waals surface area contributed by atoms with Gasteiger partial charge in [0.05, 0.1) is 22.1 Å². The second-order valence-corrected chi connectivity index (χ2v) is 9.52. The molecule has 0 spiro atoms. The van der Waals surface area contributed by atoms with Crippen LogP contribution in [0.25, 0.3) is 0 Å². The number of sulfonamides is 1. The molecule has 3 N–H and O–H groups in total. The molecule has 0 radical (unpaired) electrons. The van der Waals surface area contributed by atoms with Crippen LogP contribution in [-0.4, -0.2) is 33.9 Å². The number of nitrogens with two attached hydrogens (primary N) is 1. The van der Waals surface area contributed by atoms with Gasteiger partial charge in [0.2, 0.25) is 10.0 Å². The van der Waals surface area contributed by atoms with Crippen LogP contribution in [0.1, 0.15) is 18.9 Å². The van der Waals surface area contributed by atoms with Crippen LogP contribution in [0.4, 0.5) is 10.1 Å². The van der Waals surface area contributed by atoms with Crippen LogP contribution in [0.2, 0.25) is 0 Å². The van der Waals surface area contributed by atoms with Gasteiger partial charge in [-0.1, -0.05) is 0 Å². The molecule has 1 fully saturated rings. The van der Waals surface area contributed by atoms with Gasteiger partial charge in [0.25, 0.3) is 0 Å². The number of rotatable bonds is 3. The van der Waals surface area contributed by atoms with E-state index in [1.807, 2.05) is 0 Å². The Morgan fingerprint density at radius 3 is 2.48 bits per heavy atom. The van der Waals surface area contributed by atoms with E-state index in [4.69, 9.17) is 5.73 Å². The van der Waals surface area contributed by atoms with Gasteiger partial charge in [0, 0.05) is 5.54 Å². The maximum absolute atomic E-state index is 13.5. The number of nitrogen functional groups attached to an aromatic ring is 1. The minimum absolute atomic E-state index is 0.0589. The van der Waals surface area contributed by atoms with Gasteiger partial charge in [-0.2, -0.15) is 0 Å². The van der Waals surface area contributed by atoms with Gasteiger partial charge in [0.1, 0.15) is 5.82 Å². The zero-order valence-electron chi connectivity index (χ0n) is 11.7. The summed E-state index contributed by atoms with van der Waals surface area (Å²) < 4.78 is 63.6. The van der Waals surface area contributed by atoms with Gasteiger partial charge in [-0.15, -0.1) is 0 Å². The minimum Gasteiger partial charge on any atom is -0.396 e. The van der Waals surface area contributed by atoms with Gasteiger partial charge >= 0.3 is 0 Å². The van der Waals surface area contributed by atoms with Crippen LogP contribution in [0, 0.1) is 12.7 Å². The molecule has 6 nitrogen and oxygen atoms in total. The third-order valence-corrected chi connectivity index (χ3v) is 6.97. The van der Waals surface area contributed by atoms with E-state index in [1.54, 1.807) is 0 Å². The molecule has 9 heteroatoms. The lowest BCUT2D eigenvalue weighted by molar-refractivity contribution is 0.461. The molecule has 1 aromatic carbocycles. The molecule has 1 aliphatic rings. The van der Waals surface area contributed by atoms with Crippen molar-refractivity contribution in [1.82, 2.24) is 4.72 Å². The summed E-state index contributed by atoms with van der Waals surface area (Å²) in [5, 5.41) is 0. The number of aryl methyl sites for hydroxylation is 1. The van der Waals surface area contributed by atoms with Gasteiger partial charge in [-0.25, -0.2) is 25.9 Å². The van der Waals surface area contributed by atoms with Crippen molar-refractivity contribution >= 4 is 25.5 Å². The fourth-order valence-electron chi connectivity index (χ4n) is 2.39. The highest BCUT2D eigenvalue weighted by Crippen LogP contribution is 2.27. The van der Waals surface area contributed by atoms with Crippen molar-refractivity contribution in [3.63, 3.8) is 0 Å². The Hall–Kier alpha value is -1.19. The molecule has 118 valence electrons. The number of halogens is 1. The zero-order valence-corrected chi connectivity index (χ0v) is 13.3. The van der Waals surface area contributed by atoms with Gasteiger partial charge in [0.15, 0.2) is 9.84 Å². The van der Waals surface area contributed by atoms with Crippen molar-refractivity contribution < 1.29 is 21.2 Å². The Kier molecular flexibility index (Phi) is 3.79. The normalized spacial score (nSPS) is 25.1. The maximum Gasteiger partial charge on any atom is 0.241 e.